The standard InChI is InChI=1S/C20H20N2O5/c1-10-8-13(23)17(19(25)21-10)16(12-6-4-5-7-15(12)27-3)18-14(24)9-11(2)22-20(18)26/h4-9,16H,1-3H3,(H2,21,23,25)(H2,22,24,26). The van der Waals surface area contributed by atoms with E-state index in [9.17, 15) is 19.8 Å². The Morgan fingerprint density at radius 2 is 1.37 bits per heavy atom. The van der Waals surface area contributed by atoms with Crippen LogP contribution in [0.1, 0.15) is 34.0 Å². The third-order valence-electron chi connectivity index (χ3n) is 4.40. The zero-order valence-corrected chi connectivity index (χ0v) is 15.2. The van der Waals surface area contributed by atoms with Crippen LogP contribution in [0.3, 0.4) is 0 Å². The summed E-state index contributed by atoms with van der Waals surface area (Å²) < 4.78 is 5.39. The van der Waals surface area contributed by atoms with Crippen LogP contribution in [-0.4, -0.2) is 27.3 Å². The SMILES string of the molecule is COc1ccccc1C(c1c(O)cc(C)[nH]c1=O)c1c(O)cc(C)[nH]c1=O. The Labute approximate surface area is 154 Å². The summed E-state index contributed by atoms with van der Waals surface area (Å²) in [4.78, 5) is 30.6. The van der Waals surface area contributed by atoms with Gasteiger partial charge in [0.2, 0.25) is 0 Å². The minimum atomic E-state index is -1.03. The number of nitrogens with one attached hydrogen (secondary N) is 2. The molecule has 4 N–H and O–H groups in total. The number of ether oxygens (including phenoxy) is 1. The van der Waals surface area contributed by atoms with Gasteiger partial charge in [-0.1, -0.05) is 18.2 Å². The van der Waals surface area contributed by atoms with Gasteiger partial charge in [-0.15, -0.1) is 0 Å². The molecule has 0 saturated carbocycles. The van der Waals surface area contributed by atoms with Crippen molar-refractivity contribution >= 4 is 0 Å². The predicted molar refractivity (Wildman–Crippen MR) is 101 cm³/mol. The Morgan fingerprint density at radius 1 is 0.889 bits per heavy atom. The van der Waals surface area contributed by atoms with Crippen molar-refractivity contribution in [2.45, 2.75) is 19.8 Å². The Balaban J connectivity index is 2.43. The number of pyridine rings is 2. The van der Waals surface area contributed by atoms with Crippen molar-refractivity contribution < 1.29 is 14.9 Å². The van der Waals surface area contributed by atoms with Crippen molar-refractivity contribution in [3.05, 3.63) is 85.2 Å². The second-order valence-corrected chi connectivity index (χ2v) is 6.34. The van der Waals surface area contributed by atoms with E-state index >= 15 is 0 Å². The average molecular weight is 368 g/mol. The molecule has 1 aromatic carbocycles. The maximum atomic E-state index is 12.7. The highest BCUT2D eigenvalue weighted by molar-refractivity contribution is 5.55. The molecular weight excluding hydrogens is 348 g/mol. The minimum Gasteiger partial charge on any atom is -0.507 e. The molecule has 2 heterocycles. The van der Waals surface area contributed by atoms with Crippen LogP contribution in [0.15, 0.2) is 46.0 Å². The second-order valence-electron chi connectivity index (χ2n) is 6.34. The fourth-order valence-corrected chi connectivity index (χ4v) is 3.28. The molecule has 3 aromatic rings. The van der Waals surface area contributed by atoms with E-state index in [1.165, 1.54) is 19.2 Å². The van der Waals surface area contributed by atoms with Crippen molar-refractivity contribution in [3.63, 3.8) is 0 Å². The summed E-state index contributed by atoms with van der Waals surface area (Å²) in [6.07, 6.45) is 0. The van der Waals surface area contributed by atoms with Crippen molar-refractivity contribution in [1.82, 2.24) is 9.97 Å². The highest BCUT2D eigenvalue weighted by Crippen LogP contribution is 2.40. The zero-order valence-electron chi connectivity index (χ0n) is 15.2. The Hall–Kier alpha value is -3.48. The van der Waals surface area contributed by atoms with Gasteiger partial charge in [-0.25, -0.2) is 0 Å². The average Bonchev–Trinajstić information content (AvgIpc) is 2.58. The number of benzene rings is 1. The van der Waals surface area contributed by atoms with Gasteiger partial charge in [0.1, 0.15) is 17.2 Å². The van der Waals surface area contributed by atoms with Crippen LogP contribution >= 0.6 is 0 Å². The van der Waals surface area contributed by atoms with E-state index in [2.05, 4.69) is 9.97 Å². The number of aromatic amines is 2. The molecule has 7 nitrogen and oxygen atoms in total. The smallest absolute Gasteiger partial charge is 0.256 e. The van der Waals surface area contributed by atoms with E-state index in [1.807, 2.05) is 0 Å². The Kier molecular flexibility index (Phi) is 4.77. The van der Waals surface area contributed by atoms with Crippen LogP contribution in [0.5, 0.6) is 17.2 Å². The molecule has 0 aliphatic rings. The molecule has 27 heavy (non-hydrogen) atoms. The number of aryl methyl sites for hydroxylation is 2. The first-order valence-corrected chi connectivity index (χ1v) is 8.32. The number of aromatic nitrogens is 2. The summed E-state index contributed by atoms with van der Waals surface area (Å²) >= 11 is 0. The highest BCUT2D eigenvalue weighted by atomic mass is 16.5. The molecule has 7 heteroatoms. The lowest BCUT2D eigenvalue weighted by molar-refractivity contribution is 0.407. The molecule has 3 rings (SSSR count). The first kappa shape index (κ1) is 18.3. The molecule has 0 unspecified atom stereocenters. The molecule has 0 aliphatic carbocycles. The molecule has 0 amide bonds. The predicted octanol–water partition coefficient (Wildman–Crippen LogP) is 2.28. The van der Waals surface area contributed by atoms with Crippen LogP contribution in [0.2, 0.25) is 0 Å². The van der Waals surface area contributed by atoms with E-state index in [-0.39, 0.29) is 22.6 Å². The van der Waals surface area contributed by atoms with E-state index in [0.29, 0.717) is 22.7 Å². The summed E-state index contributed by atoms with van der Waals surface area (Å²) in [6, 6.07) is 9.64. The molecule has 140 valence electrons. The lowest BCUT2D eigenvalue weighted by Gasteiger charge is -2.21. The van der Waals surface area contributed by atoms with Gasteiger partial charge in [0.15, 0.2) is 0 Å². The van der Waals surface area contributed by atoms with Gasteiger partial charge in [-0.2, -0.15) is 0 Å². The first-order chi connectivity index (χ1) is 12.8. The fourth-order valence-electron chi connectivity index (χ4n) is 3.28. The summed E-state index contributed by atoms with van der Waals surface area (Å²) in [5.74, 6) is -1.16. The van der Waals surface area contributed by atoms with Gasteiger partial charge in [0, 0.05) is 17.0 Å². The number of hydrogen-bond donors (Lipinski definition) is 4. The second kappa shape index (κ2) is 7.03. The normalized spacial score (nSPS) is 11.0. The summed E-state index contributed by atoms with van der Waals surface area (Å²) in [6.45, 7) is 3.28. The largest absolute Gasteiger partial charge is 0.507 e. The Morgan fingerprint density at radius 3 is 1.81 bits per heavy atom. The van der Waals surface area contributed by atoms with Crippen LogP contribution in [0.25, 0.3) is 0 Å². The fraction of sp³-hybridized carbons (Fsp3) is 0.200. The van der Waals surface area contributed by atoms with Crippen LogP contribution in [0.4, 0.5) is 0 Å². The van der Waals surface area contributed by atoms with Crippen molar-refractivity contribution in [3.8, 4) is 17.2 Å². The molecule has 0 saturated heterocycles. The lowest BCUT2D eigenvalue weighted by Crippen LogP contribution is -2.25. The summed E-state index contributed by atoms with van der Waals surface area (Å²) in [5.41, 5.74) is 0.216. The number of methoxy groups -OCH3 is 1. The summed E-state index contributed by atoms with van der Waals surface area (Å²) in [5, 5.41) is 21.0. The van der Waals surface area contributed by atoms with Gasteiger partial charge in [-0.05, 0) is 32.0 Å². The number of para-hydroxylation sites is 1. The molecule has 0 fully saturated rings. The third kappa shape index (κ3) is 3.31. The molecule has 0 radical (unpaired) electrons. The van der Waals surface area contributed by atoms with E-state index < -0.39 is 17.0 Å². The monoisotopic (exact) mass is 368 g/mol. The van der Waals surface area contributed by atoms with Crippen LogP contribution in [0, 0.1) is 13.8 Å². The zero-order chi connectivity index (χ0) is 19.7. The number of aromatic hydroxyl groups is 2. The van der Waals surface area contributed by atoms with Crippen molar-refractivity contribution in [2.24, 2.45) is 0 Å². The number of H-pyrrole nitrogens is 2. The van der Waals surface area contributed by atoms with Crippen LogP contribution < -0.4 is 15.9 Å². The molecular formula is C20H20N2O5. The van der Waals surface area contributed by atoms with Gasteiger partial charge >= 0.3 is 0 Å². The number of hydrogen-bond acceptors (Lipinski definition) is 5. The molecule has 0 aliphatic heterocycles. The van der Waals surface area contributed by atoms with Gasteiger partial charge in [0.05, 0.1) is 24.2 Å². The van der Waals surface area contributed by atoms with Gasteiger partial charge in [-0.3, -0.25) is 9.59 Å². The maximum absolute atomic E-state index is 12.7. The molecule has 0 spiro atoms. The van der Waals surface area contributed by atoms with Crippen LogP contribution in [-0.2, 0) is 0 Å². The molecule has 0 bridgehead atoms. The first-order valence-electron chi connectivity index (χ1n) is 8.32. The highest BCUT2D eigenvalue weighted by Gasteiger charge is 2.30. The van der Waals surface area contributed by atoms with Crippen molar-refractivity contribution in [1.29, 1.82) is 0 Å². The maximum Gasteiger partial charge on any atom is 0.256 e. The van der Waals surface area contributed by atoms with Crippen molar-refractivity contribution in [2.75, 3.05) is 7.11 Å². The number of rotatable bonds is 4. The Bertz CT molecular complexity index is 1050. The van der Waals surface area contributed by atoms with E-state index in [4.69, 9.17) is 4.74 Å². The lowest BCUT2D eigenvalue weighted by atomic mass is 9.84. The van der Waals surface area contributed by atoms with Gasteiger partial charge in [0.25, 0.3) is 11.1 Å². The minimum absolute atomic E-state index is 0.0465. The summed E-state index contributed by atoms with van der Waals surface area (Å²) in [7, 11) is 1.47. The molecule has 0 atom stereocenters. The topological polar surface area (TPSA) is 115 Å². The van der Waals surface area contributed by atoms with E-state index in [0.717, 1.165) is 0 Å². The van der Waals surface area contributed by atoms with E-state index in [1.54, 1.807) is 38.1 Å². The quantitative estimate of drug-likeness (QED) is 0.564. The molecule has 2 aromatic heterocycles. The third-order valence-corrected chi connectivity index (χ3v) is 4.40. The van der Waals surface area contributed by atoms with Gasteiger partial charge < -0.3 is 24.9 Å².